The minimum atomic E-state index is -0.442. The molecule has 0 radical (unpaired) electrons. The average Bonchev–Trinajstić information content (AvgIpc) is 3.86. The Bertz CT molecular complexity index is 2990. The summed E-state index contributed by atoms with van der Waals surface area (Å²) in [6.07, 6.45) is 9.44. The third kappa shape index (κ3) is 4.62. The van der Waals surface area contributed by atoms with Gasteiger partial charge in [-0.3, -0.25) is 0 Å². The quantitative estimate of drug-likeness (QED) is 0.171. The number of anilines is 3. The summed E-state index contributed by atoms with van der Waals surface area (Å²) in [6, 6.07) is 62.9. The fourth-order valence-corrected chi connectivity index (χ4v) is 16.2. The van der Waals surface area contributed by atoms with Crippen molar-refractivity contribution in [1.29, 1.82) is 0 Å². The molecule has 0 aromatic heterocycles. The van der Waals surface area contributed by atoms with Crippen molar-refractivity contribution in [2.45, 2.75) is 94.3 Å². The van der Waals surface area contributed by atoms with Crippen molar-refractivity contribution in [3.8, 4) is 22.6 Å². The van der Waals surface area contributed by atoms with E-state index in [1.54, 1.807) is 0 Å². The van der Waals surface area contributed by atoms with Crippen molar-refractivity contribution in [3.63, 3.8) is 0 Å². The number of rotatable bonds is 5. The van der Waals surface area contributed by atoms with E-state index in [-0.39, 0.29) is 16.2 Å². The minimum absolute atomic E-state index is 0.00712. The Hall–Kier alpha value is -5.86. The van der Waals surface area contributed by atoms with E-state index in [4.69, 9.17) is 4.74 Å². The fraction of sp³-hybridized carbons (Fsp3) is 0.323. The first-order valence-electron chi connectivity index (χ1n) is 24.4. The minimum Gasteiger partial charge on any atom is -0.457 e. The van der Waals surface area contributed by atoms with E-state index >= 15 is 0 Å². The zero-order chi connectivity index (χ0) is 42.8. The summed E-state index contributed by atoms with van der Waals surface area (Å²) in [5, 5.41) is 0. The first-order valence-corrected chi connectivity index (χ1v) is 24.4. The van der Waals surface area contributed by atoms with E-state index in [0.29, 0.717) is 17.3 Å². The number of ether oxygens (including phenoxy) is 1. The molecule has 0 amide bonds. The van der Waals surface area contributed by atoms with Gasteiger partial charge in [0.25, 0.3) is 0 Å². The van der Waals surface area contributed by atoms with Crippen LogP contribution in [0.15, 0.2) is 164 Å². The lowest BCUT2D eigenvalue weighted by atomic mass is 9.37. The van der Waals surface area contributed by atoms with Crippen LogP contribution >= 0.6 is 0 Å². The van der Waals surface area contributed by atoms with Crippen molar-refractivity contribution < 1.29 is 4.74 Å². The van der Waals surface area contributed by atoms with Crippen molar-refractivity contribution in [2.75, 3.05) is 4.90 Å². The number of hydrogen-bond acceptors (Lipinski definition) is 2. The average molecular weight is 832 g/mol. The number of hydrogen-bond donors (Lipinski definition) is 0. The van der Waals surface area contributed by atoms with Crippen LogP contribution in [0.2, 0.25) is 0 Å². The lowest BCUT2D eigenvalue weighted by Crippen LogP contribution is -2.64. The molecule has 316 valence electrons. The van der Waals surface area contributed by atoms with Crippen molar-refractivity contribution in [2.24, 2.45) is 29.1 Å². The molecule has 14 rings (SSSR count). The molecule has 2 spiro atoms. The van der Waals surface area contributed by atoms with E-state index in [1.165, 1.54) is 118 Å². The molecule has 64 heavy (non-hydrogen) atoms. The van der Waals surface area contributed by atoms with Crippen LogP contribution in [-0.4, -0.2) is 0 Å². The Morgan fingerprint density at radius 3 is 1.62 bits per heavy atom. The molecule has 1 aliphatic heterocycles. The lowest BCUT2D eigenvalue weighted by molar-refractivity contribution is -0.0882. The smallest absolute Gasteiger partial charge is 0.131 e. The maximum atomic E-state index is 6.98. The van der Waals surface area contributed by atoms with Gasteiger partial charge in [0.15, 0.2) is 0 Å². The second-order valence-corrected chi connectivity index (χ2v) is 22.4. The Morgan fingerprint density at radius 2 is 0.953 bits per heavy atom. The van der Waals surface area contributed by atoms with E-state index in [9.17, 15) is 0 Å². The highest BCUT2D eigenvalue weighted by Crippen LogP contribution is 2.85. The highest BCUT2D eigenvalue weighted by Gasteiger charge is 2.79. The van der Waals surface area contributed by atoms with Gasteiger partial charge in [-0.1, -0.05) is 143 Å². The van der Waals surface area contributed by atoms with E-state index in [0.717, 1.165) is 23.3 Å². The van der Waals surface area contributed by atoms with Crippen molar-refractivity contribution in [3.05, 3.63) is 208 Å². The monoisotopic (exact) mass is 831 g/mol. The molecule has 0 N–H and O–H groups in total. The molecule has 7 aromatic carbocycles. The molecule has 1 heterocycles. The summed E-state index contributed by atoms with van der Waals surface area (Å²) in [4.78, 5) is 2.58. The van der Waals surface area contributed by atoms with Crippen LogP contribution < -0.4 is 9.64 Å². The summed E-state index contributed by atoms with van der Waals surface area (Å²) in [5.74, 6) is 5.25. The summed E-state index contributed by atoms with van der Waals surface area (Å²) in [7, 11) is 0. The van der Waals surface area contributed by atoms with Gasteiger partial charge < -0.3 is 9.64 Å². The SMILES string of the molecule is CC1(C)CCC(C)(C)c2cc(N(c3ccc(C4(c5ccccc5)c5ccccc5-c5ccccc54)cc3)c3ccc4c(c3)C3(c5ccccc5O4)C4CC5CC6CC3C4(C5)C6)ccc21. The van der Waals surface area contributed by atoms with Gasteiger partial charge in [0.1, 0.15) is 11.5 Å². The molecule has 4 saturated carbocycles. The van der Waals surface area contributed by atoms with Crippen molar-refractivity contribution in [1.82, 2.24) is 0 Å². The van der Waals surface area contributed by atoms with Crippen LogP contribution in [-0.2, 0) is 21.7 Å². The largest absolute Gasteiger partial charge is 0.457 e. The second-order valence-electron chi connectivity index (χ2n) is 22.4. The molecule has 6 aliphatic carbocycles. The maximum absolute atomic E-state index is 6.98. The van der Waals surface area contributed by atoms with Crippen LogP contribution in [0.5, 0.6) is 11.5 Å². The van der Waals surface area contributed by atoms with Crippen LogP contribution in [0.4, 0.5) is 17.1 Å². The van der Waals surface area contributed by atoms with E-state index < -0.39 is 5.41 Å². The van der Waals surface area contributed by atoms with Gasteiger partial charge in [-0.2, -0.15) is 0 Å². The van der Waals surface area contributed by atoms with Crippen LogP contribution in [0, 0.1) is 29.1 Å². The van der Waals surface area contributed by atoms with Gasteiger partial charge in [-0.25, -0.2) is 0 Å². The third-order valence-corrected chi connectivity index (χ3v) is 18.7. The van der Waals surface area contributed by atoms with Gasteiger partial charge in [0.2, 0.25) is 0 Å². The fourth-order valence-electron chi connectivity index (χ4n) is 16.2. The highest BCUT2D eigenvalue weighted by molar-refractivity contribution is 5.87. The summed E-state index contributed by atoms with van der Waals surface area (Å²) < 4.78 is 6.98. The van der Waals surface area contributed by atoms with Crippen LogP contribution in [0.1, 0.15) is 117 Å². The molecular weight excluding hydrogens is 775 g/mol. The molecule has 0 saturated heterocycles. The number of benzene rings is 7. The van der Waals surface area contributed by atoms with E-state index in [2.05, 4.69) is 196 Å². The zero-order valence-corrected chi connectivity index (χ0v) is 37.7. The summed E-state index contributed by atoms with van der Waals surface area (Å²) >= 11 is 0. The molecule has 4 fully saturated rings. The Kier molecular flexibility index (Phi) is 7.44. The Balaban J connectivity index is 0.976. The molecule has 3 bridgehead atoms. The Labute approximate surface area is 379 Å². The predicted octanol–water partition coefficient (Wildman–Crippen LogP) is 15.7. The van der Waals surface area contributed by atoms with Gasteiger partial charge >= 0.3 is 0 Å². The van der Waals surface area contributed by atoms with Gasteiger partial charge in [-0.15, -0.1) is 0 Å². The lowest BCUT2D eigenvalue weighted by Gasteiger charge is -2.66. The predicted molar refractivity (Wildman–Crippen MR) is 260 cm³/mol. The van der Waals surface area contributed by atoms with Gasteiger partial charge in [-0.05, 0) is 178 Å². The van der Waals surface area contributed by atoms with Gasteiger partial charge in [0, 0.05) is 33.6 Å². The summed E-state index contributed by atoms with van der Waals surface area (Å²) in [6.45, 7) is 9.79. The standard InChI is InChI=1S/C62H57NO/c1-58(2)30-31-59(3,4)52-35-44(26-28-50(52)58)63(43-24-22-42(23-25-43)61(41-14-6-5-7-15-41)48-18-10-8-16-46(48)47-17-9-11-19-49(47)61)45-27-29-55-53(36-45)62(51-20-12-13-21-54(51)64-55)56-33-39-32-40-34-57(62)60(56,37-39)38-40/h5-29,35-36,39-40,56-57H,30-34,37-38H2,1-4H3. The topological polar surface area (TPSA) is 12.5 Å². The van der Waals surface area contributed by atoms with Crippen LogP contribution in [0.25, 0.3) is 11.1 Å². The van der Waals surface area contributed by atoms with Crippen LogP contribution in [0.3, 0.4) is 0 Å². The van der Waals surface area contributed by atoms with E-state index in [1.807, 2.05) is 0 Å². The normalized spacial score (nSPS) is 28.2. The summed E-state index contributed by atoms with van der Waals surface area (Å²) in [5.41, 5.74) is 17.7. The van der Waals surface area contributed by atoms with Gasteiger partial charge in [0.05, 0.1) is 5.41 Å². The number of nitrogens with zero attached hydrogens (tertiary/aromatic N) is 1. The van der Waals surface area contributed by atoms with Crippen molar-refractivity contribution >= 4 is 17.1 Å². The molecule has 2 nitrogen and oxygen atoms in total. The molecule has 7 aliphatic rings. The molecule has 4 atom stereocenters. The first kappa shape index (κ1) is 37.5. The zero-order valence-electron chi connectivity index (χ0n) is 37.7. The maximum Gasteiger partial charge on any atom is 0.131 e. The number of para-hydroxylation sites is 1. The molecular formula is C62H57NO. The third-order valence-electron chi connectivity index (χ3n) is 18.7. The molecule has 4 unspecified atom stereocenters. The molecule has 2 heteroatoms. The highest BCUT2D eigenvalue weighted by atomic mass is 16.5. The second kappa shape index (κ2) is 12.7. The molecule has 7 aromatic rings. The first-order chi connectivity index (χ1) is 31.1. The number of fused-ring (bicyclic) bond motifs is 12. The Morgan fingerprint density at radius 1 is 0.438 bits per heavy atom.